The topological polar surface area (TPSA) is 76.1 Å². The van der Waals surface area contributed by atoms with Crippen LogP contribution in [0.2, 0.25) is 0 Å². The molecule has 1 N–H and O–H groups in total. The van der Waals surface area contributed by atoms with E-state index in [0.29, 0.717) is 6.29 Å². The molecule has 0 aliphatic rings. The molecule has 0 aliphatic heterocycles. The van der Waals surface area contributed by atoms with Gasteiger partial charge in [-0.25, -0.2) is 4.57 Å². The van der Waals surface area contributed by atoms with Gasteiger partial charge in [-0.15, -0.1) is 0 Å². The third-order valence-electron chi connectivity index (χ3n) is 1.16. The van der Waals surface area contributed by atoms with Gasteiger partial charge in [0.05, 0.1) is 13.7 Å². The highest BCUT2D eigenvalue weighted by atomic mass is 31.1. The molecule has 6 nitrogen and oxygen atoms in total. The first-order chi connectivity index (χ1) is 6.10. The van der Waals surface area contributed by atoms with Crippen molar-refractivity contribution in [2.45, 2.75) is 0 Å². The molecule has 0 aromatic heterocycles. The summed E-state index contributed by atoms with van der Waals surface area (Å²) in [6.45, 7) is 0.131. The Bertz CT molecular complexity index is 217. The standard InChI is InChI=1S/C6H12NO5P/c1-7(11-2)5-6(3-4-8)12-13(9)10/h3-4,13H,5H2,1-2H3,(H,9,10). The van der Waals surface area contributed by atoms with E-state index in [1.54, 1.807) is 7.05 Å². The summed E-state index contributed by atoms with van der Waals surface area (Å²) in [6, 6.07) is 0. The van der Waals surface area contributed by atoms with Crippen molar-refractivity contribution in [2.75, 3.05) is 20.7 Å². The Hall–Kier alpha value is -0.680. The van der Waals surface area contributed by atoms with Crippen LogP contribution in [0, 0.1) is 0 Å². The van der Waals surface area contributed by atoms with E-state index < -0.39 is 8.25 Å². The normalized spacial score (nSPS) is 14.3. The van der Waals surface area contributed by atoms with Crippen molar-refractivity contribution in [3.8, 4) is 0 Å². The average molecular weight is 209 g/mol. The molecular weight excluding hydrogens is 197 g/mol. The van der Waals surface area contributed by atoms with Gasteiger partial charge in [0, 0.05) is 13.1 Å². The molecule has 0 amide bonds. The molecular formula is C6H12NO5P. The minimum Gasteiger partial charge on any atom is -0.429 e. The molecule has 1 atom stereocenters. The van der Waals surface area contributed by atoms with Crippen LogP contribution < -0.4 is 0 Å². The highest BCUT2D eigenvalue weighted by Crippen LogP contribution is 2.20. The van der Waals surface area contributed by atoms with Crippen LogP contribution in [0.15, 0.2) is 11.8 Å². The fraction of sp³-hybridized carbons (Fsp3) is 0.500. The van der Waals surface area contributed by atoms with Crippen LogP contribution in [0.4, 0.5) is 0 Å². The number of aldehydes is 1. The number of rotatable bonds is 6. The molecule has 0 fully saturated rings. The number of nitrogens with zero attached hydrogens (tertiary/aromatic N) is 1. The zero-order valence-electron chi connectivity index (χ0n) is 7.39. The van der Waals surface area contributed by atoms with E-state index in [1.807, 2.05) is 0 Å². The Kier molecular flexibility index (Phi) is 6.44. The van der Waals surface area contributed by atoms with Gasteiger partial charge in [0.2, 0.25) is 0 Å². The smallest absolute Gasteiger partial charge is 0.364 e. The van der Waals surface area contributed by atoms with Crippen LogP contribution >= 0.6 is 8.25 Å². The predicted octanol–water partition coefficient (Wildman–Crippen LogP) is -0.0390. The first-order valence-corrected chi connectivity index (χ1v) is 4.67. The Balaban J connectivity index is 4.18. The Morgan fingerprint density at radius 2 is 2.31 bits per heavy atom. The third-order valence-corrected chi connectivity index (χ3v) is 1.60. The van der Waals surface area contributed by atoms with Gasteiger partial charge in [-0.05, 0) is 0 Å². The van der Waals surface area contributed by atoms with Gasteiger partial charge in [-0.1, -0.05) is 0 Å². The summed E-state index contributed by atoms with van der Waals surface area (Å²) in [4.78, 5) is 23.3. The van der Waals surface area contributed by atoms with Crippen molar-refractivity contribution in [3.05, 3.63) is 11.8 Å². The van der Waals surface area contributed by atoms with Gasteiger partial charge in [0.15, 0.2) is 0 Å². The molecule has 1 unspecified atom stereocenters. The monoisotopic (exact) mass is 209 g/mol. The molecule has 0 aromatic rings. The first-order valence-electron chi connectivity index (χ1n) is 3.40. The van der Waals surface area contributed by atoms with Crippen molar-refractivity contribution < 1.29 is 23.6 Å². The minimum atomic E-state index is -3.07. The van der Waals surface area contributed by atoms with Crippen molar-refractivity contribution in [1.82, 2.24) is 5.06 Å². The SMILES string of the molecule is CON(C)CC(=CC=O)O[PH](=O)O. The van der Waals surface area contributed by atoms with Crippen LogP contribution in [-0.4, -0.2) is 36.9 Å². The lowest BCUT2D eigenvalue weighted by Gasteiger charge is -2.14. The zero-order chi connectivity index (χ0) is 10.3. The minimum absolute atomic E-state index is 0.0886. The maximum Gasteiger partial charge on any atom is 0.364 e. The molecule has 0 aromatic carbocycles. The van der Waals surface area contributed by atoms with Crippen LogP contribution in [-0.2, 0) is 18.7 Å². The van der Waals surface area contributed by atoms with Gasteiger partial charge in [-0.2, -0.15) is 5.06 Å². The first kappa shape index (κ1) is 12.3. The number of carbonyl (C=O) groups is 1. The summed E-state index contributed by atoms with van der Waals surface area (Å²) in [5, 5.41) is 1.35. The summed E-state index contributed by atoms with van der Waals surface area (Å²) in [7, 11) is -0.0429. The lowest BCUT2D eigenvalue weighted by atomic mass is 10.4. The summed E-state index contributed by atoms with van der Waals surface area (Å²) in [6.07, 6.45) is 1.54. The Morgan fingerprint density at radius 1 is 1.69 bits per heavy atom. The number of hydroxylamine groups is 2. The molecule has 0 spiro atoms. The predicted molar refractivity (Wildman–Crippen MR) is 46.1 cm³/mol. The van der Waals surface area contributed by atoms with Gasteiger partial charge < -0.3 is 14.3 Å². The molecule has 0 heterocycles. The molecule has 0 saturated carbocycles. The zero-order valence-corrected chi connectivity index (χ0v) is 8.39. The lowest BCUT2D eigenvalue weighted by Crippen LogP contribution is -2.20. The molecule has 0 aliphatic carbocycles. The Morgan fingerprint density at radius 3 is 2.69 bits per heavy atom. The van der Waals surface area contributed by atoms with Crippen molar-refractivity contribution in [2.24, 2.45) is 0 Å². The highest BCUT2D eigenvalue weighted by molar-refractivity contribution is 7.32. The van der Waals surface area contributed by atoms with E-state index in [0.717, 1.165) is 6.08 Å². The molecule has 0 bridgehead atoms. The lowest BCUT2D eigenvalue weighted by molar-refractivity contribution is -0.107. The number of likely N-dealkylation sites (N-methyl/N-ethyl adjacent to an activating group) is 1. The summed E-state index contributed by atoms with van der Waals surface area (Å²) < 4.78 is 14.8. The second-order valence-electron chi connectivity index (χ2n) is 2.11. The highest BCUT2D eigenvalue weighted by Gasteiger charge is 2.05. The molecule has 0 radical (unpaired) electrons. The second-order valence-corrected chi connectivity index (χ2v) is 2.84. The molecule has 76 valence electrons. The number of carbonyl (C=O) groups excluding carboxylic acids is 1. The summed E-state index contributed by atoms with van der Waals surface area (Å²) in [5.74, 6) is 0.0886. The largest absolute Gasteiger partial charge is 0.429 e. The van der Waals surface area contributed by atoms with Gasteiger partial charge in [0.1, 0.15) is 12.0 Å². The number of hydrogen-bond acceptors (Lipinski definition) is 5. The average Bonchev–Trinajstić information content (AvgIpc) is 2.03. The maximum atomic E-state index is 10.3. The maximum absolute atomic E-state index is 10.3. The quantitative estimate of drug-likeness (QED) is 0.217. The molecule has 13 heavy (non-hydrogen) atoms. The van der Waals surface area contributed by atoms with E-state index in [9.17, 15) is 9.36 Å². The fourth-order valence-corrected chi connectivity index (χ4v) is 0.948. The van der Waals surface area contributed by atoms with Gasteiger partial charge in [0.25, 0.3) is 0 Å². The number of hydrogen-bond donors (Lipinski definition) is 1. The fourth-order valence-electron chi connectivity index (χ4n) is 0.591. The van der Waals surface area contributed by atoms with Gasteiger partial charge in [-0.3, -0.25) is 4.79 Å². The van der Waals surface area contributed by atoms with E-state index in [-0.39, 0.29) is 12.3 Å². The second kappa shape index (κ2) is 6.80. The molecule has 0 saturated heterocycles. The van der Waals surface area contributed by atoms with Crippen molar-refractivity contribution >= 4 is 14.5 Å². The van der Waals surface area contributed by atoms with Crippen molar-refractivity contribution in [3.63, 3.8) is 0 Å². The van der Waals surface area contributed by atoms with E-state index >= 15 is 0 Å². The molecule has 0 rings (SSSR count). The van der Waals surface area contributed by atoms with Crippen molar-refractivity contribution in [1.29, 1.82) is 0 Å². The van der Waals surface area contributed by atoms with E-state index in [2.05, 4.69) is 4.52 Å². The van der Waals surface area contributed by atoms with Gasteiger partial charge >= 0.3 is 8.25 Å². The van der Waals surface area contributed by atoms with E-state index in [1.165, 1.54) is 12.2 Å². The van der Waals surface area contributed by atoms with Crippen LogP contribution in [0.1, 0.15) is 0 Å². The number of allylic oxidation sites excluding steroid dienone is 1. The molecule has 7 heteroatoms. The summed E-state index contributed by atoms with van der Waals surface area (Å²) >= 11 is 0. The summed E-state index contributed by atoms with van der Waals surface area (Å²) in [5.41, 5.74) is 0. The van der Waals surface area contributed by atoms with Crippen LogP contribution in [0.25, 0.3) is 0 Å². The van der Waals surface area contributed by atoms with Crippen LogP contribution in [0.5, 0.6) is 0 Å². The Labute approximate surface area is 76.6 Å². The third kappa shape index (κ3) is 6.48. The van der Waals surface area contributed by atoms with Crippen LogP contribution in [0.3, 0.4) is 0 Å². The van der Waals surface area contributed by atoms with E-state index in [4.69, 9.17) is 9.73 Å².